The Morgan fingerprint density at radius 3 is 2.60 bits per heavy atom. The minimum absolute atomic E-state index is 0.187. The van der Waals surface area contributed by atoms with Gasteiger partial charge in [-0.05, 0) is 73.2 Å². The number of likely N-dealkylation sites (tertiary alicyclic amines) is 1. The number of carbonyl (C=O) groups is 1. The minimum Gasteiger partial charge on any atom is -0.322 e. The Kier molecular flexibility index (Phi) is 5.84. The minimum atomic E-state index is -3.29. The van der Waals surface area contributed by atoms with E-state index in [9.17, 15) is 13.2 Å². The molecule has 0 aromatic heterocycles. The van der Waals surface area contributed by atoms with Gasteiger partial charge in [-0.1, -0.05) is 19.1 Å². The van der Waals surface area contributed by atoms with E-state index in [1.54, 1.807) is 18.2 Å². The fourth-order valence-electron chi connectivity index (χ4n) is 4.44. The lowest BCUT2D eigenvalue weighted by atomic mass is 10.00. The van der Waals surface area contributed by atoms with Crippen LogP contribution in [0.1, 0.15) is 41.3 Å². The van der Waals surface area contributed by atoms with Gasteiger partial charge < -0.3 is 5.32 Å². The highest BCUT2D eigenvalue weighted by Gasteiger charge is 2.26. The van der Waals surface area contributed by atoms with E-state index in [4.69, 9.17) is 0 Å². The van der Waals surface area contributed by atoms with E-state index in [2.05, 4.69) is 29.3 Å². The van der Waals surface area contributed by atoms with Gasteiger partial charge in [0.25, 0.3) is 5.91 Å². The summed E-state index contributed by atoms with van der Waals surface area (Å²) in [5.41, 5.74) is 4.11. The number of carbonyl (C=O) groups excluding carboxylic acids is 1. The van der Waals surface area contributed by atoms with Crippen LogP contribution in [0.2, 0.25) is 0 Å². The SMILES string of the molecule is CC1CCCN(Cc2ccc(NC(=O)c3ccc4c(c3)CCN4S(C)(=O)=O)cc2)C1. The number of fused-ring (bicyclic) bond motifs is 1. The van der Waals surface area contributed by atoms with Gasteiger partial charge in [0, 0.05) is 30.9 Å². The molecule has 2 aromatic rings. The maximum atomic E-state index is 12.7. The summed E-state index contributed by atoms with van der Waals surface area (Å²) in [6.45, 7) is 5.98. The molecule has 1 saturated heterocycles. The topological polar surface area (TPSA) is 69.7 Å². The van der Waals surface area contributed by atoms with Crippen molar-refractivity contribution in [3.63, 3.8) is 0 Å². The Labute approximate surface area is 178 Å². The average molecular weight is 428 g/mol. The molecule has 1 unspecified atom stereocenters. The molecule has 0 spiro atoms. The van der Waals surface area contributed by atoms with Crippen LogP contribution in [-0.2, 0) is 23.0 Å². The van der Waals surface area contributed by atoms with Gasteiger partial charge in [0.15, 0.2) is 0 Å². The van der Waals surface area contributed by atoms with E-state index in [0.717, 1.165) is 36.8 Å². The summed E-state index contributed by atoms with van der Waals surface area (Å²) < 4.78 is 25.1. The van der Waals surface area contributed by atoms with Crippen LogP contribution in [0.15, 0.2) is 42.5 Å². The van der Waals surface area contributed by atoms with Crippen LogP contribution in [0.25, 0.3) is 0 Å². The second-order valence-electron chi connectivity index (χ2n) is 8.56. The van der Waals surface area contributed by atoms with Gasteiger partial charge in [0.1, 0.15) is 0 Å². The van der Waals surface area contributed by atoms with Gasteiger partial charge in [0.2, 0.25) is 10.0 Å². The van der Waals surface area contributed by atoms with Crippen LogP contribution in [0.4, 0.5) is 11.4 Å². The molecule has 0 radical (unpaired) electrons. The van der Waals surface area contributed by atoms with E-state index in [-0.39, 0.29) is 5.91 Å². The number of rotatable bonds is 5. The van der Waals surface area contributed by atoms with Crippen molar-refractivity contribution in [2.45, 2.75) is 32.7 Å². The average Bonchev–Trinajstić information content (AvgIpc) is 3.13. The quantitative estimate of drug-likeness (QED) is 0.793. The molecule has 1 atom stereocenters. The van der Waals surface area contributed by atoms with Gasteiger partial charge in [0.05, 0.1) is 11.9 Å². The lowest BCUT2D eigenvalue weighted by molar-refractivity contribution is 0.102. The van der Waals surface area contributed by atoms with Gasteiger partial charge in [-0.2, -0.15) is 0 Å². The summed E-state index contributed by atoms with van der Waals surface area (Å²) in [6, 6.07) is 13.2. The highest BCUT2D eigenvalue weighted by Crippen LogP contribution is 2.31. The first-order valence-corrected chi connectivity index (χ1v) is 12.4. The normalized spacial score (nSPS) is 19.5. The van der Waals surface area contributed by atoms with Crippen molar-refractivity contribution < 1.29 is 13.2 Å². The van der Waals surface area contributed by atoms with Crippen molar-refractivity contribution in [2.75, 3.05) is 35.5 Å². The van der Waals surface area contributed by atoms with Gasteiger partial charge in [-0.3, -0.25) is 14.0 Å². The van der Waals surface area contributed by atoms with Crippen molar-refractivity contribution >= 4 is 27.3 Å². The molecule has 160 valence electrons. The molecule has 0 saturated carbocycles. The molecule has 2 heterocycles. The van der Waals surface area contributed by atoms with E-state index >= 15 is 0 Å². The van der Waals surface area contributed by atoms with Crippen LogP contribution < -0.4 is 9.62 Å². The Balaban J connectivity index is 1.39. The summed E-state index contributed by atoms with van der Waals surface area (Å²) in [4.78, 5) is 15.2. The molecule has 30 heavy (non-hydrogen) atoms. The lowest BCUT2D eigenvalue weighted by Crippen LogP contribution is -2.33. The summed E-state index contributed by atoms with van der Waals surface area (Å²) >= 11 is 0. The molecule has 2 aromatic carbocycles. The molecule has 1 N–H and O–H groups in total. The molecule has 0 aliphatic carbocycles. The smallest absolute Gasteiger partial charge is 0.255 e. The molecule has 2 aliphatic heterocycles. The van der Waals surface area contributed by atoms with Crippen LogP contribution in [0.5, 0.6) is 0 Å². The van der Waals surface area contributed by atoms with E-state index in [0.29, 0.717) is 24.2 Å². The molecule has 1 amide bonds. The van der Waals surface area contributed by atoms with Crippen molar-refractivity contribution in [1.82, 2.24) is 4.90 Å². The molecule has 7 heteroatoms. The predicted octanol–water partition coefficient (Wildman–Crippen LogP) is 3.49. The molecule has 1 fully saturated rings. The number of nitrogens with one attached hydrogen (secondary N) is 1. The Morgan fingerprint density at radius 2 is 1.90 bits per heavy atom. The summed E-state index contributed by atoms with van der Waals surface area (Å²) in [5, 5.41) is 2.94. The number of piperidine rings is 1. The molecule has 6 nitrogen and oxygen atoms in total. The number of anilines is 2. The number of sulfonamides is 1. The standard InChI is InChI=1S/C23H29N3O3S/c1-17-4-3-12-25(15-17)16-18-5-8-21(9-6-18)24-23(27)20-7-10-22-19(14-20)11-13-26(22)30(2,28)29/h5-10,14,17H,3-4,11-13,15-16H2,1-2H3,(H,24,27). The summed E-state index contributed by atoms with van der Waals surface area (Å²) in [7, 11) is -3.29. The first kappa shape index (κ1) is 20.9. The zero-order valence-corrected chi connectivity index (χ0v) is 18.4. The third-order valence-electron chi connectivity index (χ3n) is 5.95. The van der Waals surface area contributed by atoms with Crippen LogP contribution in [-0.4, -0.2) is 45.1 Å². The first-order valence-electron chi connectivity index (χ1n) is 10.5. The van der Waals surface area contributed by atoms with E-state index in [1.165, 1.54) is 29.0 Å². The summed E-state index contributed by atoms with van der Waals surface area (Å²) in [6.07, 6.45) is 4.40. The number of hydrogen-bond acceptors (Lipinski definition) is 4. The van der Waals surface area contributed by atoms with Crippen molar-refractivity contribution in [2.24, 2.45) is 5.92 Å². The Bertz CT molecular complexity index is 1030. The molecule has 0 bridgehead atoms. The Hall–Kier alpha value is -2.38. The first-order chi connectivity index (χ1) is 14.3. The van der Waals surface area contributed by atoms with Crippen LogP contribution in [0.3, 0.4) is 0 Å². The third-order valence-corrected chi connectivity index (χ3v) is 7.13. The van der Waals surface area contributed by atoms with Crippen molar-refractivity contribution in [3.8, 4) is 0 Å². The maximum absolute atomic E-state index is 12.7. The predicted molar refractivity (Wildman–Crippen MR) is 120 cm³/mol. The second kappa shape index (κ2) is 8.40. The number of amides is 1. The molecular formula is C23H29N3O3S. The molecule has 4 rings (SSSR count). The zero-order chi connectivity index (χ0) is 21.3. The van der Waals surface area contributed by atoms with Gasteiger partial charge in [-0.25, -0.2) is 8.42 Å². The number of hydrogen-bond donors (Lipinski definition) is 1. The highest BCUT2D eigenvalue weighted by molar-refractivity contribution is 7.92. The lowest BCUT2D eigenvalue weighted by Gasteiger charge is -2.30. The molecule has 2 aliphatic rings. The van der Waals surface area contributed by atoms with Gasteiger partial charge >= 0.3 is 0 Å². The highest BCUT2D eigenvalue weighted by atomic mass is 32.2. The van der Waals surface area contributed by atoms with Crippen molar-refractivity contribution in [3.05, 3.63) is 59.2 Å². The largest absolute Gasteiger partial charge is 0.322 e. The second-order valence-corrected chi connectivity index (χ2v) is 10.5. The van der Waals surface area contributed by atoms with Gasteiger partial charge in [-0.15, -0.1) is 0 Å². The van der Waals surface area contributed by atoms with E-state index in [1.807, 2.05) is 12.1 Å². The zero-order valence-electron chi connectivity index (χ0n) is 17.6. The van der Waals surface area contributed by atoms with Crippen LogP contribution >= 0.6 is 0 Å². The number of benzene rings is 2. The monoisotopic (exact) mass is 427 g/mol. The number of nitrogens with zero attached hydrogens (tertiary/aromatic N) is 2. The third kappa shape index (κ3) is 4.68. The van der Waals surface area contributed by atoms with E-state index < -0.39 is 10.0 Å². The Morgan fingerprint density at radius 1 is 1.13 bits per heavy atom. The van der Waals surface area contributed by atoms with Crippen LogP contribution in [0, 0.1) is 5.92 Å². The molecular weight excluding hydrogens is 398 g/mol. The van der Waals surface area contributed by atoms with Crippen molar-refractivity contribution in [1.29, 1.82) is 0 Å². The summed E-state index contributed by atoms with van der Waals surface area (Å²) in [5.74, 6) is 0.572. The fraction of sp³-hybridized carbons (Fsp3) is 0.435. The maximum Gasteiger partial charge on any atom is 0.255 e. The fourth-order valence-corrected chi connectivity index (χ4v) is 5.40.